The fourth-order valence-corrected chi connectivity index (χ4v) is 2.77. The van der Waals surface area contributed by atoms with Crippen molar-refractivity contribution in [1.82, 2.24) is 15.2 Å². The number of carbonyl (C=O) groups excluding carboxylic acids is 1. The van der Waals surface area contributed by atoms with Gasteiger partial charge in [-0.05, 0) is 31.2 Å². The third kappa shape index (κ3) is 3.80. The van der Waals surface area contributed by atoms with Gasteiger partial charge in [-0.3, -0.25) is 9.89 Å². The lowest BCUT2D eigenvalue weighted by Crippen LogP contribution is -2.22. The third-order valence-corrected chi connectivity index (χ3v) is 4.25. The molecule has 0 fully saturated rings. The summed E-state index contributed by atoms with van der Waals surface area (Å²) in [6, 6.07) is 15.5. The molecule has 5 nitrogen and oxygen atoms in total. The summed E-state index contributed by atoms with van der Waals surface area (Å²) in [4.78, 5) is 16.4. The average Bonchev–Trinajstić information content (AvgIpc) is 3.04. The number of nitrogens with one attached hydrogen (secondary N) is 2. The second-order valence-corrected chi connectivity index (χ2v) is 6.37. The van der Waals surface area contributed by atoms with Gasteiger partial charge < -0.3 is 5.32 Å². The van der Waals surface area contributed by atoms with E-state index < -0.39 is 5.25 Å². The number of halogens is 1. The van der Waals surface area contributed by atoms with Crippen LogP contribution >= 0.6 is 11.8 Å². The van der Waals surface area contributed by atoms with Crippen molar-refractivity contribution in [2.45, 2.75) is 17.3 Å². The number of anilines is 1. The molecule has 24 heavy (non-hydrogen) atoms. The van der Waals surface area contributed by atoms with Crippen LogP contribution in [0.4, 0.5) is 10.1 Å². The van der Waals surface area contributed by atoms with Crippen LogP contribution in [0.1, 0.15) is 6.92 Å². The van der Waals surface area contributed by atoms with Crippen LogP contribution in [0.3, 0.4) is 0 Å². The number of H-pyrrole nitrogens is 1. The summed E-state index contributed by atoms with van der Waals surface area (Å²) in [5.41, 5.74) is 1.08. The number of carbonyl (C=O) groups is 1. The second-order valence-electron chi connectivity index (χ2n) is 5.06. The van der Waals surface area contributed by atoms with Crippen LogP contribution in [0.2, 0.25) is 0 Å². The lowest BCUT2D eigenvalue weighted by atomic mass is 10.2. The largest absolute Gasteiger partial charge is 0.325 e. The summed E-state index contributed by atoms with van der Waals surface area (Å²) < 4.78 is 13.8. The van der Waals surface area contributed by atoms with E-state index in [-0.39, 0.29) is 11.7 Å². The van der Waals surface area contributed by atoms with Crippen molar-refractivity contribution in [2.75, 3.05) is 5.32 Å². The van der Waals surface area contributed by atoms with E-state index in [1.54, 1.807) is 25.1 Å². The van der Waals surface area contributed by atoms with Gasteiger partial charge in [-0.25, -0.2) is 9.37 Å². The number of thioether (sulfide) groups is 1. The van der Waals surface area contributed by atoms with E-state index >= 15 is 0 Å². The Hall–Kier alpha value is -2.67. The topological polar surface area (TPSA) is 70.7 Å². The van der Waals surface area contributed by atoms with Gasteiger partial charge in [-0.1, -0.05) is 42.1 Å². The summed E-state index contributed by atoms with van der Waals surface area (Å²) in [5.74, 6) is -0.185. The number of nitrogens with zero attached hydrogens (tertiary/aromatic N) is 2. The maximum absolute atomic E-state index is 13.8. The molecule has 0 spiro atoms. The molecule has 1 aromatic heterocycles. The molecular weight excluding hydrogens is 327 g/mol. The zero-order valence-electron chi connectivity index (χ0n) is 12.9. The first-order valence-corrected chi connectivity index (χ1v) is 8.21. The summed E-state index contributed by atoms with van der Waals surface area (Å²) >= 11 is 1.20. The molecule has 2 N–H and O–H groups in total. The van der Waals surface area contributed by atoms with Gasteiger partial charge in [0.05, 0.1) is 10.8 Å². The van der Waals surface area contributed by atoms with Crippen LogP contribution in [0.15, 0.2) is 59.8 Å². The monoisotopic (exact) mass is 342 g/mol. The third-order valence-electron chi connectivity index (χ3n) is 3.29. The van der Waals surface area contributed by atoms with Gasteiger partial charge in [-0.2, -0.15) is 0 Å². The molecule has 0 aliphatic rings. The minimum Gasteiger partial charge on any atom is -0.325 e. The van der Waals surface area contributed by atoms with Crippen molar-refractivity contribution in [3.63, 3.8) is 0 Å². The smallest absolute Gasteiger partial charge is 0.237 e. The van der Waals surface area contributed by atoms with Crippen LogP contribution in [0.5, 0.6) is 0 Å². The number of para-hydroxylation sites is 1. The number of aromatic amines is 1. The molecule has 1 amide bonds. The Kier molecular flexibility index (Phi) is 4.90. The number of benzene rings is 2. The number of amides is 1. The Morgan fingerprint density at radius 1 is 1.17 bits per heavy atom. The van der Waals surface area contributed by atoms with Gasteiger partial charge in [0.25, 0.3) is 0 Å². The molecule has 3 rings (SSSR count). The van der Waals surface area contributed by atoms with E-state index in [1.165, 1.54) is 17.8 Å². The van der Waals surface area contributed by atoms with Crippen molar-refractivity contribution in [1.29, 1.82) is 0 Å². The quantitative estimate of drug-likeness (QED) is 0.693. The molecule has 2 aromatic carbocycles. The van der Waals surface area contributed by atoms with Crippen molar-refractivity contribution >= 4 is 23.4 Å². The molecule has 1 atom stereocenters. The molecule has 0 aliphatic carbocycles. The van der Waals surface area contributed by atoms with E-state index in [2.05, 4.69) is 20.5 Å². The van der Waals surface area contributed by atoms with Crippen molar-refractivity contribution in [2.24, 2.45) is 0 Å². The van der Waals surface area contributed by atoms with E-state index in [9.17, 15) is 9.18 Å². The highest BCUT2D eigenvalue weighted by atomic mass is 32.2. The van der Waals surface area contributed by atoms with E-state index in [0.717, 1.165) is 5.69 Å². The summed E-state index contributed by atoms with van der Waals surface area (Å²) in [6.45, 7) is 1.77. The molecule has 0 radical (unpaired) electrons. The maximum atomic E-state index is 13.8. The zero-order chi connectivity index (χ0) is 16.9. The Balaban J connectivity index is 1.66. The van der Waals surface area contributed by atoms with E-state index in [4.69, 9.17) is 0 Å². The zero-order valence-corrected chi connectivity index (χ0v) is 13.7. The minimum absolute atomic E-state index is 0.150. The second kappa shape index (κ2) is 7.27. The molecule has 0 aliphatic heterocycles. The van der Waals surface area contributed by atoms with Crippen LogP contribution in [-0.4, -0.2) is 26.3 Å². The van der Waals surface area contributed by atoms with Gasteiger partial charge in [-0.15, -0.1) is 5.10 Å². The summed E-state index contributed by atoms with van der Waals surface area (Å²) in [6.07, 6.45) is 0. The standard InChI is InChI=1S/C17H15FN4OS/c1-11(16(23)19-12-7-3-2-4-8-12)24-17-20-15(21-22-17)13-9-5-6-10-14(13)18/h2-11H,1H3,(H,19,23)(H,20,21,22)/t11-/m1/s1. The highest BCUT2D eigenvalue weighted by Gasteiger charge is 2.18. The SMILES string of the molecule is C[C@@H](Sc1n[nH]c(-c2ccccc2F)n1)C(=O)Nc1ccccc1. The molecule has 7 heteroatoms. The summed E-state index contributed by atoms with van der Waals surface area (Å²) in [7, 11) is 0. The predicted molar refractivity (Wildman–Crippen MR) is 92.2 cm³/mol. The number of rotatable bonds is 5. The van der Waals surface area contributed by atoms with Crippen molar-refractivity contribution < 1.29 is 9.18 Å². The highest BCUT2D eigenvalue weighted by Crippen LogP contribution is 2.24. The first-order chi connectivity index (χ1) is 11.6. The van der Waals surface area contributed by atoms with Crippen LogP contribution in [0, 0.1) is 5.82 Å². The molecule has 0 bridgehead atoms. The first-order valence-electron chi connectivity index (χ1n) is 7.33. The lowest BCUT2D eigenvalue weighted by molar-refractivity contribution is -0.115. The molecule has 0 saturated heterocycles. The molecular formula is C17H15FN4OS. The van der Waals surface area contributed by atoms with Crippen molar-refractivity contribution in [3.8, 4) is 11.4 Å². The predicted octanol–water partition coefficient (Wildman–Crippen LogP) is 3.73. The molecule has 122 valence electrons. The van der Waals surface area contributed by atoms with E-state index in [1.807, 2.05) is 30.3 Å². The van der Waals surface area contributed by atoms with Gasteiger partial charge in [0, 0.05) is 5.69 Å². The molecule has 0 unspecified atom stereocenters. The first kappa shape index (κ1) is 16.2. The van der Waals surface area contributed by atoms with Gasteiger partial charge in [0.15, 0.2) is 5.82 Å². The molecule has 3 aromatic rings. The van der Waals surface area contributed by atoms with Crippen molar-refractivity contribution in [3.05, 3.63) is 60.4 Å². The Labute approximate surface area is 142 Å². The Morgan fingerprint density at radius 3 is 2.62 bits per heavy atom. The highest BCUT2D eigenvalue weighted by molar-refractivity contribution is 8.00. The van der Waals surface area contributed by atoms with Gasteiger partial charge >= 0.3 is 0 Å². The van der Waals surface area contributed by atoms with E-state index in [0.29, 0.717) is 16.5 Å². The van der Waals surface area contributed by atoms with Gasteiger partial charge in [0.2, 0.25) is 11.1 Å². The van der Waals surface area contributed by atoms with Crippen LogP contribution in [-0.2, 0) is 4.79 Å². The van der Waals surface area contributed by atoms with Gasteiger partial charge in [0.1, 0.15) is 5.82 Å². The average molecular weight is 342 g/mol. The Bertz CT molecular complexity index is 837. The summed E-state index contributed by atoms with van der Waals surface area (Å²) in [5, 5.41) is 9.57. The fraction of sp³-hybridized carbons (Fsp3) is 0.118. The Morgan fingerprint density at radius 2 is 1.88 bits per heavy atom. The minimum atomic E-state index is -0.394. The fourth-order valence-electron chi connectivity index (χ4n) is 2.05. The maximum Gasteiger partial charge on any atom is 0.237 e. The normalized spacial score (nSPS) is 11.9. The number of hydrogen-bond acceptors (Lipinski definition) is 4. The number of hydrogen-bond donors (Lipinski definition) is 2. The molecule has 0 saturated carbocycles. The molecule has 1 heterocycles. The van der Waals surface area contributed by atoms with Crippen LogP contribution in [0.25, 0.3) is 11.4 Å². The number of aromatic nitrogens is 3. The van der Waals surface area contributed by atoms with Crippen LogP contribution < -0.4 is 5.32 Å². The lowest BCUT2D eigenvalue weighted by Gasteiger charge is -2.09.